The van der Waals surface area contributed by atoms with E-state index in [4.69, 9.17) is 0 Å². The summed E-state index contributed by atoms with van der Waals surface area (Å²) in [4.78, 5) is 10.7. The Hall–Kier alpha value is -1.82. The zero-order valence-electron chi connectivity index (χ0n) is 8.63. The van der Waals surface area contributed by atoms with Crippen LogP contribution in [0.5, 0.6) is 0 Å². The van der Waals surface area contributed by atoms with Gasteiger partial charge in [0.05, 0.1) is 12.7 Å². The molecule has 0 saturated heterocycles. The van der Waals surface area contributed by atoms with Crippen LogP contribution in [0.1, 0.15) is 17.5 Å². The highest BCUT2D eigenvalue weighted by Crippen LogP contribution is 2.08. The minimum atomic E-state index is -0.421. The van der Waals surface area contributed by atoms with Crippen molar-refractivity contribution in [3.05, 3.63) is 35.1 Å². The van der Waals surface area contributed by atoms with E-state index >= 15 is 0 Å². The summed E-state index contributed by atoms with van der Waals surface area (Å²) in [5, 5.41) is 0. The molecule has 78 valence electrons. The molecule has 1 rings (SSSR count). The average molecular weight is 206 g/mol. The van der Waals surface area contributed by atoms with Crippen molar-refractivity contribution in [2.45, 2.75) is 13.3 Å². The number of rotatable bonds is 1. The van der Waals surface area contributed by atoms with Crippen molar-refractivity contribution in [1.29, 1.82) is 0 Å². The molecular weight excluding hydrogens is 195 g/mol. The fourth-order valence-corrected chi connectivity index (χ4v) is 1.01. The number of hydrogen-bond donors (Lipinski definition) is 0. The molecule has 0 amide bonds. The normalized spacial score (nSPS) is 9.00. The van der Waals surface area contributed by atoms with Gasteiger partial charge in [0, 0.05) is 0 Å². The molecule has 0 radical (unpaired) electrons. The van der Waals surface area contributed by atoms with Crippen molar-refractivity contribution in [2.75, 3.05) is 7.11 Å². The van der Waals surface area contributed by atoms with Gasteiger partial charge in [0.2, 0.25) is 0 Å². The Morgan fingerprint density at radius 3 is 2.87 bits per heavy atom. The maximum Gasteiger partial charge on any atom is 0.317 e. The molecule has 1 aromatic carbocycles. The van der Waals surface area contributed by atoms with E-state index in [1.165, 1.54) is 13.2 Å². The van der Waals surface area contributed by atoms with E-state index < -0.39 is 5.97 Å². The molecule has 15 heavy (non-hydrogen) atoms. The van der Waals surface area contributed by atoms with Crippen LogP contribution < -0.4 is 0 Å². The smallest absolute Gasteiger partial charge is 0.317 e. The molecule has 0 saturated carbocycles. The zero-order chi connectivity index (χ0) is 11.3. The van der Waals surface area contributed by atoms with Gasteiger partial charge in [-0.25, -0.2) is 4.39 Å². The third kappa shape index (κ3) is 3.43. The van der Waals surface area contributed by atoms with Gasteiger partial charge in [-0.15, -0.1) is 0 Å². The molecule has 0 aliphatic heterocycles. The summed E-state index contributed by atoms with van der Waals surface area (Å²) >= 11 is 0. The van der Waals surface area contributed by atoms with Crippen molar-refractivity contribution < 1.29 is 13.9 Å². The molecule has 0 aliphatic rings. The van der Waals surface area contributed by atoms with E-state index in [2.05, 4.69) is 16.6 Å². The molecule has 0 spiro atoms. The van der Waals surface area contributed by atoms with Gasteiger partial charge < -0.3 is 4.74 Å². The summed E-state index contributed by atoms with van der Waals surface area (Å²) in [5.74, 6) is 4.34. The van der Waals surface area contributed by atoms with Crippen molar-refractivity contribution >= 4 is 5.97 Å². The molecule has 0 heterocycles. The lowest BCUT2D eigenvalue weighted by molar-refractivity contribution is -0.139. The first-order valence-corrected chi connectivity index (χ1v) is 4.45. The lowest BCUT2D eigenvalue weighted by Gasteiger charge is -1.95. The average Bonchev–Trinajstić information content (AvgIpc) is 2.21. The number of carbonyl (C=O) groups excluding carboxylic acids is 1. The van der Waals surface area contributed by atoms with Gasteiger partial charge in [-0.1, -0.05) is 17.9 Å². The zero-order valence-corrected chi connectivity index (χ0v) is 8.63. The Morgan fingerprint density at radius 1 is 1.53 bits per heavy atom. The van der Waals surface area contributed by atoms with Crippen LogP contribution >= 0.6 is 0 Å². The third-order valence-electron chi connectivity index (χ3n) is 1.81. The van der Waals surface area contributed by atoms with Crippen molar-refractivity contribution in [2.24, 2.45) is 0 Å². The largest absolute Gasteiger partial charge is 0.468 e. The van der Waals surface area contributed by atoms with Crippen LogP contribution in [0.4, 0.5) is 4.39 Å². The molecule has 0 aliphatic carbocycles. The van der Waals surface area contributed by atoms with Gasteiger partial charge in [-0.3, -0.25) is 4.79 Å². The molecule has 0 N–H and O–H groups in total. The van der Waals surface area contributed by atoms with E-state index in [1.807, 2.05) is 0 Å². The Bertz CT molecular complexity index is 427. The van der Waals surface area contributed by atoms with Crippen LogP contribution in [0.2, 0.25) is 0 Å². The third-order valence-corrected chi connectivity index (χ3v) is 1.81. The van der Waals surface area contributed by atoms with Crippen molar-refractivity contribution in [3.8, 4) is 11.8 Å². The molecule has 0 unspecified atom stereocenters. The van der Waals surface area contributed by atoms with Crippen LogP contribution in [0.25, 0.3) is 0 Å². The van der Waals surface area contributed by atoms with Crippen LogP contribution in [0, 0.1) is 24.6 Å². The summed E-state index contributed by atoms with van der Waals surface area (Å²) in [6.07, 6.45) is -0.0240. The molecular formula is C12H11FO2. The maximum atomic E-state index is 13.2. The second-order valence-electron chi connectivity index (χ2n) is 3.04. The number of aryl methyl sites for hydroxylation is 1. The summed E-state index contributed by atoms with van der Waals surface area (Å²) in [5.41, 5.74) is 1.13. The molecule has 0 atom stereocenters. The number of hydrogen-bond acceptors (Lipinski definition) is 2. The van der Waals surface area contributed by atoms with Crippen LogP contribution in [-0.4, -0.2) is 13.1 Å². The van der Waals surface area contributed by atoms with Gasteiger partial charge in [0.1, 0.15) is 12.2 Å². The highest BCUT2D eigenvalue weighted by atomic mass is 19.1. The molecule has 0 aromatic heterocycles. The highest BCUT2D eigenvalue weighted by molar-refractivity contribution is 5.72. The standard InChI is InChI=1S/C12H11FO2/c1-9-6-7-10(11(13)8-9)4-3-5-12(14)15-2/h6-8H,5H2,1-2H3. The fraction of sp³-hybridized carbons (Fsp3) is 0.250. The first-order chi connectivity index (χ1) is 7.13. The lowest BCUT2D eigenvalue weighted by atomic mass is 10.1. The summed E-state index contributed by atoms with van der Waals surface area (Å²) in [6.45, 7) is 1.80. The van der Waals surface area contributed by atoms with Crippen LogP contribution in [0.3, 0.4) is 0 Å². The van der Waals surface area contributed by atoms with E-state index in [0.29, 0.717) is 5.56 Å². The van der Waals surface area contributed by atoms with Crippen molar-refractivity contribution in [1.82, 2.24) is 0 Å². The Labute approximate surface area is 88.1 Å². The van der Waals surface area contributed by atoms with Gasteiger partial charge in [0.25, 0.3) is 0 Å². The Kier molecular flexibility index (Phi) is 3.87. The lowest BCUT2D eigenvalue weighted by Crippen LogP contribution is -1.97. The van der Waals surface area contributed by atoms with E-state index in [-0.39, 0.29) is 12.2 Å². The summed E-state index contributed by atoms with van der Waals surface area (Å²) < 4.78 is 17.6. The number of halogens is 1. The van der Waals surface area contributed by atoms with E-state index in [0.717, 1.165) is 5.56 Å². The van der Waals surface area contributed by atoms with Gasteiger partial charge in [0.15, 0.2) is 0 Å². The molecule has 0 fully saturated rings. The van der Waals surface area contributed by atoms with E-state index in [1.54, 1.807) is 19.1 Å². The summed E-state index contributed by atoms with van der Waals surface area (Å²) in [6, 6.07) is 4.77. The molecule has 1 aromatic rings. The maximum absolute atomic E-state index is 13.2. The van der Waals surface area contributed by atoms with Gasteiger partial charge in [-0.05, 0) is 24.6 Å². The predicted molar refractivity (Wildman–Crippen MR) is 54.6 cm³/mol. The second-order valence-corrected chi connectivity index (χ2v) is 3.04. The quantitative estimate of drug-likeness (QED) is 0.519. The number of ether oxygens (including phenoxy) is 1. The molecule has 2 nitrogen and oxygen atoms in total. The highest BCUT2D eigenvalue weighted by Gasteiger charge is 1.98. The molecule has 0 bridgehead atoms. The number of esters is 1. The number of carbonyl (C=O) groups is 1. The summed E-state index contributed by atoms with van der Waals surface area (Å²) in [7, 11) is 1.29. The number of methoxy groups -OCH3 is 1. The van der Waals surface area contributed by atoms with Gasteiger partial charge >= 0.3 is 5.97 Å². The first kappa shape index (κ1) is 11.3. The predicted octanol–water partition coefficient (Wildman–Crippen LogP) is 2.05. The SMILES string of the molecule is COC(=O)CC#Cc1ccc(C)cc1F. The Balaban J connectivity index is 2.76. The van der Waals surface area contributed by atoms with E-state index in [9.17, 15) is 9.18 Å². The molecule has 3 heteroatoms. The monoisotopic (exact) mass is 206 g/mol. The topological polar surface area (TPSA) is 26.3 Å². The van der Waals surface area contributed by atoms with Crippen molar-refractivity contribution in [3.63, 3.8) is 0 Å². The van der Waals surface area contributed by atoms with Crippen LogP contribution in [-0.2, 0) is 9.53 Å². The fourth-order valence-electron chi connectivity index (χ4n) is 1.01. The minimum Gasteiger partial charge on any atom is -0.468 e. The first-order valence-electron chi connectivity index (χ1n) is 4.45. The minimum absolute atomic E-state index is 0.0240. The second kappa shape index (κ2) is 5.16. The Morgan fingerprint density at radius 2 is 2.27 bits per heavy atom. The number of benzene rings is 1. The van der Waals surface area contributed by atoms with Crippen LogP contribution in [0.15, 0.2) is 18.2 Å². The van der Waals surface area contributed by atoms with Gasteiger partial charge in [-0.2, -0.15) is 0 Å².